The van der Waals surface area contributed by atoms with Gasteiger partial charge < -0.3 is 4.90 Å². The summed E-state index contributed by atoms with van der Waals surface area (Å²) in [4.78, 5) is 19.3. The number of benzene rings is 1. The molecule has 0 atom stereocenters. The number of aromatic nitrogens is 2. The quantitative estimate of drug-likeness (QED) is 0.707. The molecule has 2 aromatic heterocycles. The lowest BCUT2D eigenvalue weighted by atomic mass is 10.2. The number of aryl methyl sites for hydroxylation is 1. The Labute approximate surface area is 157 Å². The van der Waals surface area contributed by atoms with E-state index in [4.69, 9.17) is 0 Å². The molecule has 0 bridgehead atoms. The van der Waals surface area contributed by atoms with Gasteiger partial charge in [-0.25, -0.2) is 4.68 Å². The Hall–Kier alpha value is -2.18. The molecule has 6 heteroatoms. The molecule has 0 unspecified atom stereocenters. The molecule has 3 aromatic rings. The number of hydrogen-bond acceptors (Lipinski definition) is 4. The largest absolute Gasteiger partial charge is 0.335 e. The van der Waals surface area contributed by atoms with E-state index in [0.29, 0.717) is 0 Å². The molecule has 0 radical (unpaired) electrons. The number of para-hydroxylation sites is 1. The van der Waals surface area contributed by atoms with Crippen LogP contribution >= 0.6 is 11.3 Å². The van der Waals surface area contributed by atoms with Crippen molar-refractivity contribution in [2.75, 3.05) is 32.7 Å². The fourth-order valence-corrected chi connectivity index (χ4v) is 4.69. The van der Waals surface area contributed by atoms with Gasteiger partial charge in [0.1, 0.15) is 4.83 Å². The van der Waals surface area contributed by atoms with Crippen molar-refractivity contribution in [3.05, 3.63) is 47.0 Å². The van der Waals surface area contributed by atoms with Crippen LogP contribution in [0.2, 0.25) is 0 Å². The summed E-state index contributed by atoms with van der Waals surface area (Å²) in [6.45, 7) is 8.91. The molecule has 1 fully saturated rings. The molecule has 0 spiro atoms. The predicted molar refractivity (Wildman–Crippen MR) is 106 cm³/mol. The number of thiophene rings is 1. The minimum Gasteiger partial charge on any atom is -0.335 e. The van der Waals surface area contributed by atoms with Crippen LogP contribution in [0, 0.1) is 6.92 Å². The lowest BCUT2D eigenvalue weighted by molar-refractivity contribution is 0.0642. The van der Waals surface area contributed by atoms with E-state index in [9.17, 15) is 4.79 Å². The van der Waals surface area contributed by atoms with Crippen molar-refractivity contribution in [2.24, 2.45) is 0 Å². The second-order valence-corrected chi connectivity index (χ2v) is 7.83. The predicted octanol–water partition coefficient (Wildman–Crippen LogP) is 3.56. The average Bonchev–Trinajstić information content (AvgIpc) is 3.24. The van der Waals surface area contributed by atoms with Crippen LogP contribution in [0.15, 0.2) is 36.4 Å². The first-order valence-corrected chi connectivity index (χ1v) is 10.0. The fraction of sp³-hybridized carbons (Fsp3) is 0.400. The highest BCUT2D eigenvalue weighted by molar-refractivity contribution is 7.20. The van der Waals surface area contributed by atoms with Gasteiger partial charge in [-0.3, -0.25) is 9.69 Å². The van der Waals surface area contributed by atoms with Gasteiger partial charge in [-0.15, -0.1) is 11.3 Å². The summed E-state index contributed by atoms with van der Waals surface area (Å²) < 4.78 is 1.95. The first-order chi connectivity index (χ1) is 12.7. The van der Waals surface area contributed by atoms with Crippen LogP contribution in [-0.2, 0) is 0 Å². The molecule has 26 heavy (non-hydrogen) atoms. The van der Waals surface area contributed by atoms with Crippen molar-refractivity contribution >= 4 is 27.5 Å². The van der Waals surface area contributed by atoms with Crippen LogP contribution in [-0.4, -0.2) is 58.2 Å². The lowest BCUT2D eigenvalue weighted by Gasteiger charge is -2.34. The smallest absolute Gasteiger partial charge is 0.264 e. The van der Waals surface area contributed by atoms with Gasteiger partial charge in [-0.05, 0) is 38.1 Å². The van der Waals surface area contributed by atoms with Crippen LogP contribution in [0.25, 0.3) is 15.9 Å². The van der Waals surface area contributed by atoms with Gasteiger partial charge in [0.2, 0.25) is 0 Å². The zero-order valence-electron chi connectivity index (χ0n) is 15.3. The van der Waals surface area contributed by atoms with Crippen molar-refractivity contribution in [1.82, 2.24) is 19.6 Å². The third-order valence-corrected chi connectivity index (χ3v) is 6.05. The number of amides is 1. The number of piperazine rings is 1. The summed E-state index contributed by atoms with van der Waals surface area (Å²) in [6.07, 6.45) is 1.17. The van der Waals surface area contributed by atoms with Crippen molar-refractivity contribution < 1.29 is 4.79 Å². The van der Waals surface area contributed by atoms with Crippen molar-refractivity contribution in [3.63, 3.8) is 0 Å². The van der Waals surface area contributed by atoms with Crippen LogP contribution in [0.4, 0.5) is 0 Å². The third-order valence-electron chi connectivity index (χ3n) is 4.96. The molecule has 0 aliphatic carbocycles. The molecule has 1 amide bonds. The Kier molecular flexibility index (Phi) is 4.78. The molecule has 4 rings (SSSR count). The normalized spacial score (nSPS) is 15.7. The average molecular weight is 369 g/mol. The molecule has 1 aliphatic rings. The number of rotatable bonds is 4. The Bertz CT molecular complexity index is 907. The van der Waals surface area contributed by atoms with Crippen LogP contribution in [0.3, 0.4) is 0 Å². The van der Waals surface area contributed by atoms with E-state index < -0.39 is 0 Å². The summed E-state index contributed by atoms with van der Waals surface area (Å²) in [6, 6.07) is 12.1. The van der Waals surface area contributed by atoms with Crippen molar-refractivity contribution in [2.45, 2.75) is 20.3 Å². The van der Waals surface area contributed by atoms with Gasteiger partial charge in [0.15, 0.2) is 0 Å². The highest BCUT2D eigenvalue weighted by Crippen LogP contribution is 2.31. The standard InChI is InChI=1S/C20H24N4OS/c1-3-9-22-10-12-23(13-11-22)19(25)18-14-17-15(2)21-24(20(17)26-18)16-7-5-4-6-8-16/h4-8,14H,3,9-13H2,1-2H3. The molecular weight excluding hydrogens is 344 g/mol. The molecule has 0 N–H and O–H groups in total. The molecule has 1 aromatic carbocycles. The monoisotopic (exact) mass is 368 g/mol. The van der Waals surface area contributed by atoms with E-state index in [-0.39, 0.29) is 5.91 Å². The van der Waals surface area contributed by atoms with E-state index in [2.05, 4.69) is 16.9 Å². The molecule has 1 saturated heterocycles. The third kappa shape index (κ3) is 3.15. The zero-order valence-corrected chi connectivity index (χ0v) is 16.1. The molecular formula is C20H24N4OS. The second-order valence-electron chi connectivity index (χ2n) is 6.80. The highest BCUT2D eigenvalue weighted by atomic mass is 32.1. The van der Waals surface area contributed by atoms with E-state index in [1.54, 1.807) is 11.3 Å². The molecule has 3 heterocycles. The topological polar surface area (TPSA) is 41.4 Å². The van der Waals surface area contributed by atoms with Crippen LogP contribution in [0.1, 0.15) is 28.7 Å². The number of nitrogens with zero attached hydrogens (tertiary/aromatic N) is 4. The maximum atomic E-state index is 13.0. The fourth-order valence-electron chi connectivity index (χ4n) is 3.54. The summed E-state index contributed by atoms with van der Waals surface area (Å²) in [7, 11) is 0. The summed E-state index contributed by atoms with van der Waals surface area (Å²) in [5, 5.41) is 5.73. The first kappa shape index (κ1) is 17.2. The molecule has 5 nitrogen and oxygen atoms in total. The molecule has 136 valence electrons. The van der Waals surface area contributed by atoms with Crippen molar-refractivity contribution in [3.8, 4) is 5.69 Å². The van der Waals surface area contributed by atoms with Crippen molar-refractivity contribution in [1.29, 1.82) is 0 Å². The number of fused-ring (bicyclic) bond motifs is 1. The first-order valence-electron chi connectivity index (χ1n) is 9.23. The minimum absolute atomic E-state index is 0.154. The minimum atomic E-state index is 0.154. The Morgan fingerprint density at radius 3 is 2.58 bits per heavy atom. The number of hydrogen-bond donors (Lipinski definition) is 0. The number of carbonyl (C=O) groups is 1. The van der Waals surface area contributed by atoms with Crippen LogP contribution in [0.5, 0.6) is 0 Å². The highest BCUT2D eigenvalue weighted by Gasteiger charge is 2.24. The van der Waals surface area contributed by atoms with Gasteiger partial charge in [-0.1, -0.05) is 25.1 Å². The Morgan fingerprint density at radius 2 is 1.88 bits per heavy atom. The van der Waals surface area contributed by atoms with Gasteiger partial charge in [0, 0.05) is 31.6 Å². The maximum absolute atomic E-state index is 13.0. The van der Waals surface area contributed by atoms with Crippen LogP contribution < -0.4 is 0 Å². The van der Waals surface area contributed by atoms with Gasteiger partial charge in [0.25, 0.3) is 5.91 Å². The van der Waals surface area contributed by atoms with E-state index in [1.165, 1.54) is 6.42 Å². The maximum Gasteiger partial charge on any atom is 0.264 e. The summed E-state index contributed by atoms with van der Waals surface area (Å²) in [5.74, 6) is 0.154. The molecule has 0 saturated carbocycles. The number of carbonyl (C=O) groups excluding carboxylic acids is 1. The summed E-state index contributed by atoms with van der Waals surface area (Å²) in [5.41, 5.74) is 1.99. The summed E-state index contributed by atoms with van der Waals surface area (Å²) >= 11 is 1.55. The van der Waals surface area contributed by atoms with E-state index in [1.807, 2.05) is 52.9 Å². The Morgan fingerprint density at radius 1 is 1.15 bits per heavy atom. The Balaban J connectivity index is 1.59. The van der Waals surface area contributed by atoms with Gasteiger partial charge in [-0.2, -0.15) is 5.10 Å². The SMILES string of the molecule is CCCN1CCN(C(=O)c2cc3c(C)nn(-c4ccccc4)c3s2)CC1. The van der Waals surface area contributed by atoms with E-state index in [0.717, 1.165) is 59.2 Å². The van der Waals surface area contributed by atoms with Gasteiger partial charge in [0.05, 0.1) is 16.3 Å². The molecule has 1 aliphatic heterocycles. The zero-order chi connectivity index (χ0) is 18.1. The van der Waals surface area contributed by atoms with E-state index >= 15 is 0 Å². The lowest BCUT2D eigenvalue weighted by Crippen LogP contribution is -2.48. The van der Waals surface area contributed by atoms with Gasteiger partial charge >= 0.3 is 0 Å². The second kappa shape index (κ2) is 7.21.